The molecule has 216 valence electrons. The Hall–Kier alpha value is -3.99. The number of fused-ring (bicyclic) bond motifs is 1. The Morgan fingerprint density at radius 2 is 1.78 bits per heavy atom. The Kier molecular flexibility index (Phi) is 7.99. The number of sulfone groups is 1. The summed E-state index contributed by atoms with van der Waals surface area (Å²) in [6, 6.07) is 9.22. The number of amides is 2. The summed E-state index contributed by atoms with van der Waals surface area (Å²) in [5.74, 6) is 5.61. The average molecular weight is 580 g/mol. The van der Waals surface area contributed by atoms with Crippen molar-refractivity contribution in [1.82, 2.24) is 24.8 Å². The van der Waals surface area contributed by atoms with Gasteiger partial charge in [-0.05, 0) is 42.5 Å². The van der Waals surface area contributed by atoms with Crippen LogP contribution < -0.4 is 10.2 Å². The average Bonchev–Trinajstić information content (AvgIpc) is 3.39. The van der Waals surface area contributed by atoms with Gasteiger partial charge >= 0.3 is 0 Å². The molecule has 5 rings (SSSR count). The summed E-state index contributed by atoms with van der Waals surface area (Å²) in [5, 5.41) is 14.6. The number of aromatic amines is 1. The number of nitrogens with zero attached hydrogens (tertiary/aromatic N) is 5. The number of H-pyrrole nitrogens is 1. The van der Waals surface area contributed by atoms with Crippen LogP contribution >= 0.6 is 0 Å². The van der Waals surface area contributed by atoms with Crippen LogP contribution in [0.3, 0.4) is 0 Å². The quantitative estimate of drug-likeness (QED) is 0.371. The molecular weight excluding hydrogens is 546 g/mol. The molecule has 12 nitrogen and oxygen atoms in total. The highest BCUT2D eigenvalue weighted by atomic mass is 32.2. The molecule has 4 heterocycles. The Balaban J connectivity index is 1.21. The number of benzene rings is 1. The molecule has 0 saturated carbocycles. The van der Waals surface area contributed by atoms with E-state index in [1.807, 2.05) is 28.0 Å². The largest absolute Gasteiger partial charge is 0.380 e. The first kappa shape index (κ1) is 28.5. The first-order valence-corrected chi connectivity index (χ1v) is 15.2. The molecule has 3 aromatic rings. The summed E-state index contributed by atoms with van der Waals surface area (Å²) < 4.78 is 23.7. The van der Waals surface area contributed by atoms with Gasteiger partial charge in [0.15, 0.2) is 9.84 Å². The SMILES string of the molecule is CN(C)C(=O)C#CCN1CCC(O)(C(=O)Nc2ccc(-c3cc4c(N5CCS(=O)(=O)CC5)ncnc4[nH]3)cc2)CC1. The zero-order valence-electron chi connectivity index (χ0n) is 23.1. The number of piperidine rings is 1. The van der Waals surface area contributed by atoms with E-state index >= 15 is 0 Å². The second kappa shape index (κ2) is 11.5. The minimum absolute atomic E-state index is 0.101. The van der Waals surface area contributed by atoms with Crippen LogP contribution in [0.1, 0.15) is 12.8 Å². The van der Waals surface area contributed by atoms with E-state index in [0.29, 0.717) is 49.9 Å². The Morgan fingerprint density at radius 1 is 1.10 bits per heavy atom. The highest BCUT2D eigenvalue weighted by molar-refractivity contribution is 7.91. The van der Waals surface area contributed by atoms with E-state index in [1.54, 1.807) is 26.2 Å². The normalized spacial score (nSPS) is 18.4. The molecule has 3 N–H and O–H groups in total. The zero-order valence-corrected chi connectivity index (χ0v) is 23.9. The van der Waals surface area contributed by atoms with Crippen molar-refractivity contribution >= 4 is 44.2 Å². The number of aromatic nitrogens is 3. The maximum Gasteiger partial charge on any atom is 0.297 e. The molecule has 2 aromatic heterocycles. The van der Waals surface area contributed by atoms with Crippen LogP contribution in [-0.2, 0) is 19.4 Å². The summed E-state index contributed by atoms with van der Waals surface area (Å²) in [7, 11) is 0.283. The van der Waals surface area contributed by atoms with Gasteiger partial charge in [-0.2, -0.15) is 0 Å². The predicted octanol–water partition coefficient (Wildman–Crippen LogP) is 0.717. The third kappa shape index (κ3) is 6.51. The van der Waals surface area contributed by atoms with Crippen LogP contribution in [0, 0.1) is 11.8 Å². The number of rotatable bonds is 5. The maximum atomic E-state index is 13.0. The Morgan fingerprint density at radius 3 is 2.44 bits per heavy atom. The van der Waals surface area contributed by atoms with Crippen LogP contribution in [-0.4, -0.2) is 114 Å². The first-order chi connectivity index (χ1) is 19.5. The van der Waals surface area contributed by atoms with Crippen LogP contribution in [0.25, 0.3) is 22.3 Å². The van der Waals surface area contributed by atoms with E-state index in [4.69, 9.17) is 0 Å². The molecular formula is C28H33N7O5S. The van der Waals surface area contributed by atoms with Gasteiger partial charge in [-0.1, -0.05) is 18.1 Å². The highest BCUT2D eigenvalue weighted by Gasteiger charge is 2.39. The molecule has 0 spiro atoms. The van der Waals surface area contributed by atoms with Crippen molar-refractivity contribution in [2.24, 2.45) is 0 Å². The van der Waals surface area contributed by atoms with Gasteiger partial charge in [-0.25, -0.2) is 18.4 Å². The molecule has 2 fully saturated rings. The lowest BCUT2D eigenvalue weighted by molar-refractivity contribution is -0.138. The van der Waals surface area contributed by atoms with Crippen LogP contribution in [0.4, 0.5) is 11.5 Å². The molecule has 2 amide bonds. The molecule has 0 atom stereocenters. The van der Waals surface area contributed by atoms with Crippen molar-refractivity contribution in [3.8, 4) is 23.1 Å². The number of carbonyl (C=O) groups is 2. The van der Waals surface area contributed by atoms with Gasteiger partial charge < -0.3 is 25.2 Å². The number of nitrogens with one attached hydrogen (secondary N) is 2. The van der Waals surface area contributed by atoms with Crippen molar-refractivity contribution in [1.29, 1.82) is 0 Å². The van der Waals surface area contributed by atoms with Crippen molar-refractivity contribution < 1.29 is 23.1 Å². The minimum Gasteiger partial charge on any atom is -0.380 e. The third-order valence-corrected chi connectivity index (χ3v) is 9.12. The lowest BCUT2D eigenvalue weighted by Crippen LogP contribution is -2.51. The minimum atomic E-state index is -3.01. The number of anilines is 2. The molecule has 13 heteroatoms. The molecule has 0 unspecified atom stereocenters. The molecule has 1 aromatic carbocycles. The lowest BCUT2D eigenvalue weighted by atomic mass is 9.90. The molecule has 2 aliphatic rings. The second-order valence-electron chi connectivity index (χ2n) is 10.6. The van der Waals surface area contributed by atoms with Crippen LogP contribution in [0.15, 0.2) is 36.7 Å². The van der Waals surface area contributed by atoms with Crippen molar-refractivity contribution in [3.63, 3.8) is 0 Å². The summed E-state index contributed by atoms with van der Waals surface area (Å²) in [6.07, 6.45) is 2.00. The number of carbonyl (C=O) groups excluding carboxylic acids is 2. The van der Waals surface area contributed by atoms with Gasteiger partial charge in [0.25, 0.3) is 11.8 Å². The number of hydrogen-bond donors (Lipinski definition) is 3. The van der Waals surface area contributed by atoms with Crippen molar-refractivity contribution in [3.05, 3.63) is 36.7 Å². The summed E-state index contributed by atoms with van der Waals surface area (Å²) in [5.41, 5.74) is 1.41. The third-order valence-electron chi connectivity index (χ3n) is 7.51. The number of aliphatic hydroxyl groups is 1. The molecule has 0 radical (unpaired) electrons. The number of hydrogen-bond acceptors (Lipinski definition) is 9. The fraction of sp³-hybridized carbons (Fsp3) is 0.429. The van der Waals surface area contributed by atoms with Gasteiger partial charge in [0, 0.05) is 51.7 Å². The first-order valence-electron chi connectivity index (χ1n) is 13.4. The molecule has 0 bridgehead atoms. The maximum absolute atomic E-state index is 13.0. The predicted molar refractivity (Wildman–Crippen MR) is 156 cm³/mol. The summed E-state index contributed by atoms with van der Waals surface area (Å²) in [6.45, 7) is 2.16. The summed E-state index contributed by atoms with van der Waals surface area (Å²) >= 11 is 0. The number of likely N-dealkylation sites (tertiary alicyclic amines) is 1. The Bertz CT molecular complexity index is 1600. The van der Waals surface area contributed by atoms with Crippen molar-refractivity contribution in [2.75, 3.05) is 68.5 Å². The fourth-order valence-corrected chi connectivity index (χ4v) is 6.09. The van der Waals surface area contributed by atoms with E-state index in [9.17, 15) is 23.1 Å². The van der Waals surface area contributed by atoms with Crippen molar-refractivity contribution in [2.45, 2.75) is 18.4 Å². The van der Waals surface area contributed by atoms with Crippen LogP contribution in [0.2, 0.25) is 0 Å². The fourth-order valence-electron chi connectivity index (χ4n) is 4.89. The summed E-state index contributed by atoms with van der Waals surface area (Å²) in [4.78, 5) is 42.0. The molecule has 2 aliphatic heterocycles. The van der Waals surface area contributed by atoms with E-state index < -0.39 is 21.3 Å². The topological polar surface area (TPSA) is 152 Å². The van der Waals surface area contributed by atoms with Gasteiger partial charge in [0.2, 0.25) is 0 Å². The molecule has 0 aliphatic carbocycles. The van der Waals surface area contributed by atoms with E-state index in [0.717, 1.165) is 16.6 Å². The zero-order chi connectivity index (χ0) is 29.2. The van der Waals surface area contributed by atoms with Crippen LogP contribution in [0.5, 0.6) is 0 Å². The Labute approximate surface area is 238 Å². The van der Waals surface area contributed by atoms with E-state index in [-0.39, 0.29) is 30.3 Å². The molecule has 41 heavy (non-hydrogen) atoms. The monoisotopic (exact) mass is 579 g/mol. The smallest absolute Gasteiger partial charge is 0.297 e. The van der Waals surface area contributed by atoms with E-state index in [2.05, 4.69) is 32.1 Å². The second-order valence-corrected chi connectivity index (χ2v) is 12.9. The van der Waals surface area contributed by atoms with Gasteiger partial charge in [0.1, 0.15) is 23.4 Å². The molecule has 2 saturated heterocycles. The highest BCUT2D eigenvalue weighted by Crippen LogP contribution is 2.30. The van der Waals surface area contributed by atoms with Gasteiger partial charge in [-0.3, -0.25) is 14.5 Å². The van der Waals surface area contributed by atoms with E-state index in [1.165, 1.54) is 11.2 Å². The van der Waals surface area contributed by atoms with Gasteiger partial charge in [0.05, 0.1) is 23.4 Å². The standard InChI is InChI=1S/C28H33N7O5S/c1-33(2)24(36)4-3-11-34-12-9-28(38,10-13-34)27(37)31-21-7-5-20(6-8-21)23-18-22-25(32-23)29-19-30-26(22)35-14-16-41(39,40)17-15-35/h5-8,18-19,38H,9-17H2,1-2H3,(H,31,37)(H,29,30,32). The van der Waals surface area contributed by atoms with Gasteiger partial charge in [-0.15, -0.1) is 0 Å². The lowest BCUT2D eigenvalue weighted by Gasteiger charge is -2.36.